The lowest BCUT2D eigenvalue weighted by molar-refractivity contribution is -0.125. The van der Waals surface area contributed by atoms with Crippen LogP contribution in [-0.4, -0.2) is 43.2 Å². The molecule has 6 heteroatoms. The molecule has 5 nitrogen and oxygen atoms in total. The van der Waals surface area contributed by atoms with Crippen LogP contribution in [0.3, 0.4) is 0 Å². The molecule has 0 aliphatic carbocycles. The summed E-state index contributed by atoms with van der Waals surface area (Å²) >= 11 is 6.29. The van der Waals surface area contributed by atoms with Crippen molar-refractivity contribution in [1.82, 2.24) is 10.2 Å². The van der Waals surface area contributed by atoms with Crippen LogP contribution in [0.1, 0.15) is 25.0 Å². The highest BCUT2D eigenvalue weighted by atomic mass is 35.5. The molecule has 1 saturated heterocycles. The number of rotatable bonds is 7. The van der Waals surface area contributed by atoms with Crippen LogP contribution in [0.5, 0.6) is 11.5 Å². The molecule has 1 aliphatic heterocycles. The van der Waals surface area contributed by atoms with Gasteiger partial charge in [0.2, 0.25) is 5.91 Å². The molecular formula is C22H27ClN2O3. The zero-order valence-electron chi connectivity index (χ0n) is 16.6. The van der Waals surface area contributed by atoms with E-state index in [-0.39, 0.29) is 18.1 Å². The van der Waals surface area contributed by atoms with E-state index in [1.807, 2.05) is 38.1 Å². The number of benzene rings is 2. The molecule has 0 saturated carbocycles. The third-order valence-electron chi connectivity index (χ3n) is 4.60. The van der Waals surface area contributed by atoms with Crippen molar-refractivity contribution in [3.8, 4) is 11.5 Å². The highest BCUT2D eigenvalue weighted by molar-refractivity contribution is 6.30. The van der Waals surface area contributed by atoms with Crippen molar-refractivity contribution in [2.45, 2.75) is 39.0 Å². The second-order valence-electron chi connectivity index (χ2n) is 7.39. The van der Waals surface area contributed by atoms with Crippen molar-refractivity contribution in [1.29, 1.82) is 0 Å². The number of nitrogens with one attached hydrogen (secondary N) is 1. The average Bonchev–Trinajstić information content (AvgIpc) is 2.63. The summed E-state index contributed by atoms with van der Waals surface area (Å²) in [5, 5.41) is 3.69. The number of ether oxygens (including phenoxy) is 2. The fraction of sp³-hybridized carbons (Fsp3) is 0.409. The third-order valence-corrected chi connectivity index (χ3v) is 4.82. The van der Waals surface area contributed by atoms with Crippen LogP contribution in [0.2, 0.25) is 5.02 Å². The fourth-order valence-electron chi connectivity index (χ4n) is 3.54. The maximum Gasteiger partial charge on any atom is 0.234 e. The normalized spacial score (nSPS) is 17.5. The number of piperazine rings is 1. The maximum atomic E-state index is 12.3. The highest BCUT2D eigenvalue weighted by Gasteiger charge is 2.26. The largest absolute Gasteiger partial charge is 0.493 e. The number of halogens is 1. The lowest BCUT2D eigenvalue weighted by atomic mass is 10.0. The Kier molecular flexibility index (Phi) is 6.81. The van der Waals surface area contributed by atoms with E-state index in [0.29, 0.717) is 29.6 Å². The molecule has 1 aliphatic rings. The molecule has 0 radical (unpaired) electrons. The summed E-state index contributed by atoms with van der Waals surface area (Å²) in [6.07, 6.45) is 0.807. The summed E-state index contributed by atoms with van der Waals surface area (Å²) in [7, 11) is 1.60. The van der Waals surface area contributed by atoms with Crippen molar-refractivity contribution in [2.24, 2.45) is 0 Å². The molecule has 1 amide bonds. The SMILES string of the molecule is COc1cc(Cl)cc(CN2CC(=O)N[C@@H](Cc3ccccc3)C2)c1OC(C)C. The smallest absolute Gasteiger partial charge is 0.234 e. The second kappa shape index (κ2) is 9.30. The molecule has 0 unspecified atom stereocenters. The van der Waals surface area contributed by atoms with Gasteiger partial charge in [-0.25, -0.2) is 0 Å². The van der Waals surface area contributed by atoms with Crippen LogP contribution < -0.4 is 14.8 Å². The first kappa shape index (κ1) is 20.5. The summed E-state index contributed by atoms with van der Waals surface area (Å²) in [6.45, 7) is 5.62. The van der Waals surface area contributed by atoms with Gasteiger partial charge in [0, 0.05) is 35.8 Å². The van der Waals surface area contributed by atoms with Crippen LogP contribution in [-0.2, 0) is 17.8 Å². The molecule has 0 bridgehead atoms. The molecule has 150 valence electrons. The zero-order chi connectivity index (χ0) is 20.1. The average molecular weight is 403 g/mol. The van der Waals surface area contributed by atoms with Gasteiger partial charge in [-0.1, -0.05) is 41.9 Å². The lowest BCUT2D eigenvalue weighted by Gasteiger charge is -2.33. The van der Waals surface area contributed by atoms with Crippen molar-refractivity contribution in [3.63, 3.8) is 0 Å². The fourth-order valence-corrected chi connectivity index (χ4v) is 3.77. The van der Waals surface area contributed by atoms with Gasteiger partial charge in [0.25, 0.3) is 0 Å². The van der Waals surface area contributed by atoms with Crippen molar-refractivity contribution in [2.75, 3.05) is 20.2 Å². The maximum absolute atomic E-state index is 12.3. The van der Waals surface area contributed by atoms with Gasteiger partial charge in [-0.2, -0.15) is 0 Å². The molecule has 1 fully saturated rings. The molecule has 0 aromatic heterocycles. The molecule has 0 spiro atoms. The molecule has 2 aromatic carbocycles. The van der Waals surface area contributed by atoms with E-state index in [1.165, 1.54) is 5.56 Å². The summed E-state index contributed by atoms with van der Waals surface area (Å²) in [4.78, 5) is 14.4. The predicted molar refractivity (Wildman–Crippen MR) is 111 cm³/mol. The Bertz CT molecular complexity index is 811. The third kappa shape index (κ3) is 5.40. The van der Waals surface area contributed by atoms with E-state index in [4.69, 9.17) is 21.1 Å². The Morgan fingerprint density at radius 2 is 2.00 bits per heavy atom. The van der Waals surface area contributed by atoms with Crippen LogP contribution in [0.15, 0.2) is 42.5 Å². The van der Waals surface area contributed by atoms with Crippen LogP contribution in [0.25, 0.3) is 0 Å². The van der Waals surface area contributed by atoms with E-state index in [1.54, 1.807) is 13.2 Å². The minimum atomic E-state index is 0.00399. The number of carbonyl (C=O) groups excluding carboxylic acids is 1. The van der Waals surface area contributed by atoms with Crippen LogP contribution in [0.4, 0.5) is 0 Å². The first-order chi connectivity index (χ1) is 13.4. The zero-order valence-corrected chi connectivity index (χ0v) is 17.3. The van der Waals surface area contributed by atoms with Crippen LogP contribution in [0, 0.1) is 0 Å². The van der Waals surface area contributed by atoms with E-state index in [2.05, 4.69) is 22.3 Å². The van der Waals surface area contributed by atoms with Gasteiger partial charge >= 0.3 is 0 Å². The number of methoxy groups -OCH3 is 1. The highest BCUT2D eigenvalue weighted by Crippen LogP contribution is 2.36. The second-order valence-corrected chi connectivity index (χ2v) is 7.82. The minimum absolute atomic E-state index is 0.00399. The number of hydrogen-bond donors (Lipinski definition) is 1. The van der Waals surface area contributed by atoms with Crippen molar-refractivity contribution >= 4 is 17.5 Å². The Hall–Kier alpha value is -2.24. The van der Waals surface area contributed by atoms with Gasteiger partial charge in [-0.3, -0.25) is 9.69 Å². The number of amides is 1. The quantitative estimate of drug-likeness (QED) is 0.767. The van der Waals surface area contributed by atoms with Gasteiger partial charge < -0.3 is 14.8 Å². The minimum Gasteiger partial charge on any atom is -0.493 e. The molecule has 1 heterocycles. The summed E-state index contributed by atoms with van der Waals surface area (Å²) in [5.74, 6) is 1.33. The van der Waals surface area contributed by atoms with Crippen molar-refractivity contribution in [3.05, 3.63) is 58.6 Å². The van der Waals surface area contributed by atoms with E-state index < -0.39 is 0 Å². The first-order valence-electron chi connectivity index (χ1n) is 9.53. The number of hydrogen-bond acceptors (Lipinski definition) is 4. The van der Waals surface area contributed by atoms with Crippen LogP contribution >= 0.6 is 11.6 Å². The van der Waals surface area contributed by atoms with E-state index >= 15 is 0 Å². The Balaban J connectivity index is 1.78. The molecular weight excluding hydrogens is 376 g/mol. The number of nitrogens with zero attached hydrogens (tertiary/aromatic N) is 1. The Morgan fingerprint density at radius 3 is 2.68 bits per heavy atom. The molecule has 1 atom stereocenters. The van der Waals surface area contributed by atoms with Gasteiger partial charge in [-0.15, -0.1) is 0 Å². The molecule has 3 rings (SSSR count). The summed E-state index contributed by atoms with van der Waals surface area (Å²) in [6, 6.07) is 13.9. The summed E-state index contributed by atoms with van der Waals surface area (Å²) in [5.41, 5.74) is 2.13. The number of carbonyl (C=O) groups is 1. The molecule has 28 heavy (non-hydrogen) atoms. The van der Waals surface area contributed by atoms with Gasteiger partial charge in [0.15, 0.2) is 11.5 Å². The first-order valence-corrected chi connectivity index (χ1v) is 9.91. The van der Waals surface area contributed by atoms with E-state index in [0.717, 1.165) is 18.5 Å². The van der Waals surface area contributed by atoms with Gasteiger partial charge in [0.1, 0.15) is 0 Å². The standard InChI is InChI=1S/C22H27ClN2O3/c1-15(2)28-22-17(10-18(23)11-20(22)27-3)12-25-13-19(24-21(26)14-25)9-16-7-5-4-6-8-16/h4-8,10-11,15,19H,9,12-14H2,1-3H3,(H,24,26)/t19-/m0/s1. The van der Waals surface area contributed by atoms with Crippen molar-refractivity contribution < 1.29 is 14.3 Å². The van der Waals surface area contributed by atoms with E-state index in [9.17, 15) is 4.79 Å². The topological polar surface area (TPSA) is 50.8 Å². The summed E-state index contributed by atoms with van der Waals surface area (Å²) < 4.78 is 11.5. The molecule has 1 N–H and O–H groups in total. The lowest BCUT2D eigenvalue weighted by Crippen LogP contribution is -2.54. The molecule has 2 aromatic rings. The predicted octanol–water partition coefficient (Wildman–Crippen LogP) is 3.68. The Labute approximate surface area is 171 Å². The van der Waals surface area contributed by atoms with Gasteiger partial charge in [-0.05, 0) is 31.9 Å². The monoisotopic (exact) mass is 402 g/mol. The Morgan fingerprint density at radius 1 is 1.25 bits per heavy atom. The van der Waals surface area contributed by atoms with Gasteiger partial charge in [0.05, 0.1) is 19.8 Å².